The van der Waals surface area contributed by atoms with E-state index < -0.39 is 0 Å². The maximum absolute atomic E-state index is 11.9. The first-order valence-corrected chi connectivity index (χ1v) is 9.29. The third-order valence-electron chi connectivity index (χ3n) is 4.43. The normalized spacial score (nSPS) is 11.5. The molecule has 0 saturated carbocycles. The van der Waals surface area contributed by atoms with Crippen LogP contribution in [0.2, 0.25) is 0 Å². The maximum Gasteiger partial charge on any atom is 0.253 e. The summed E-state index contributed by atoms with van der Waals surface area (Å²) in [5.41, 5.74) is 2.67. The van der Waals surface area contributed by atoms with Crippen LogP contribution in [0.5, 0.6) is 0 Å². The molecular formula is C22H26N4O2. The van der Waals surface area contributed by atoms with Crippen molar-refractivity contribution < 1.29 is 9.21 Å². The van der Waals surface area contributed by atoms with E-state index in [9.17, 15) is 4.79 Å². The van der Waals surface area contributed by atoms with Gasteiger partial charge in [-0.2, -0.15) is 0 Å². The second-order valence-corrected chi connectivity index (χ2v) is 6.75. The molecule has 2 N–H and O–H groups in total. The quantitative estimate of drug-likeness (QED) is 0.511. The maximum atomic E-state index is 11.9. The van der Waals surface area contributed by atoms with Gasteiger partial charge >= 0.3 is 0 Å². The number of furan rings is 1. The Balaban J connectivity index is 1.47. The van der Waals surface area contributed by atoms with Crippen LogP contribution in [0.25, 0.3) is 11.0 Å². The molecule has 1 heterocycles. The lowest BCUT2D eigenvalue weighted by Crippen LogP contribution is -2.37. The van der Waals surface area contributed by atoms with E-state index in [4.69, 9.17) is 4.42 Å². The van der Waals surface area contributed by atoms with E-state index >= 15 is 0 Å². The molecule has 2 aromatic carbocycles. The summed E-state index contributed by atoms with van der Waals surface area (Å²) in [4.78, 5) is 17.8. The van der Waals surface area contributed by atoms with Crippen molar-refractivity contribution in [2.24, 2.45) is 4.99 Å². The average molecular weight is 378 g/mol. The van der Waals surface area contributed by atoms with Gasteiger partial charge in [-0.15, -0.1) is 0 Å². The summed E-state index contributed by atoms with van der Waals surface area (Å²) in [6.07, 6.45) is 0.775. The van der Waals surface area contributed by atoms with Crippen molar-refractivity contribution in [2.45, 2.75) is 13.0 Å². The Hall–Kier alpha value is -3.28. The van der Waals surface area contributed by atoms with Crippen LogP contribution in [-0.2, 0) is 13.0 Å². The van der Waals surface area contributed by atoms with E-state index in [0.717, 1.165) is 41.2 Å². The molecule has 6 heteroatoms. The molecule has 0 atom stereocenters. The van der Waals surface area contributed by atoms with Gasteiger partial charge < -0.3 is 20.0 Å². The van der Waals surface area contributed by atoms with Crippen molar-refractivity contribution in [1.82, 2.24) is 15.5 Å². The highest BCUT2D eigenvalue weighted by molar-refractivity contribution is 5.93. The van der Waals surface area contributed by atoms with Crippen molar-refractivity contribution in [3.63, 3.8) is 0 Å². The number of guanidine groups is 1. The second kappa shape index (κ2) is 9.08. The van der Waals surface area contributed by atoms with Crippen LogP contribution in [0.1, 0.15) is 21.7 Å². The number of aliphatic imine (C=N–C) groups is 1. The highest BCUT2D eigenvalue weighted by Gasteiger charge is 2.07. The molecular weight excluding hydrogens is 352 g/mol. The molecule has 0 aliphatic heterocycles. The van der Waals surface area contributed by atoms with Gasteiger partial charge in [0, 0.05) is 51.6 Å². The van der Waals surface area contributed by atoms with Crippen LogP contribution >= 0.6 is 0 Å². The number of rotatable bonds is 6. The Bertz CT molecular complexity index is 925. The Morgan fingerprint density at radius 2 is 1.82 bits per heavy atom. The van der Waals surface area contributed by atoms with E-state index in [1.807, 2.05) is 48.5 Å². The molecule has 0 aliphatic carbocycles. The van der Waals surface area contributed by atoms with Gasteiger partial charge in [-0.1, -0.05) is 30.3 Å². The minimum Gasteiger partial charge on any atom is -0.461 e. The fourth-order valence-electron chi connectivity index (χ4n) is 2.89. The van der Waals surface area contributed by atoms with Crippen molar-refractivity contribution in [3.8, 4) is 0 Å². The van der Waals surface area contributed by atoms with E-state index in [0.29, 0.717) is 12.1 Å². The molecule has 6 nitrogen and oxygen atoms in total. The monoisotopic (exact) mass is 378 g/mol. The van der Waals surface area contributed by atoms with Crippen LogP contribution < -0.4 is 10.6 Å². The van der Waals surface area contributed by atoms with Gasteiger partial charge in [-0.25, -0.2) is 0 Å². The van der Waals surface area contributed by atoms with Crippen molar-refractivity contribution >= 4 is 22.8 Å². The zero-order valence-electron chi connectivity index (χ0n) is 16.5. The van der Waals surface area contributed by atoms with Gasteiger partial charge in [-0.05, 0) is 29.8 Å². The van der Waals surface area contributed by atoms with Gasteiger partial charge in [-0.3, -0.25) is 9.79 Å². The van der Waals surface area contributed by atoms with Gasteiger partial charge in [0.05, 0.1) is 0 Å². The fraction of sp³-hybridized carbons (Fsp3) is 0.273. The van der Waals surface area contributed by atoms with Crippen molar-refractivity contribution in [2.75, 3.05) is 27.7 Å². The summed E-state index contributed by atoms with van der Waals surface area (Å²) in [5.74, 6) is 1.68. The molecule has 146 valence electrons. The van der Waals surface area contributed by atoms with Crippen molar-refractivity contribution in [3.05, 3.63) is 71.5 Å². The number of benzene rings is 2. The first-order valence-electron chi connectivity index (χ1n) is 9.29. The number of carbonyl (C=O) groups is 1. The number of amides is 1. The summed E-state index contributed by atoms with van der Waals surface area (Å²) in [7, 11) is 5.24. The number of hydrogen-bond acceptors (Lipinski definition) is 3. The summed E-state index contributed by atoms with van der Waals surface area (Å²) < 4.78 is 5.83. The Morgan fingerprint density at radius 1 is 1.07 bits per heavy atom. The van der Waals surface area contributed by atoms with Crippen LogP contribution in [0, 0.1) is 0 Å². The first kappa shape index (κ1) is 19.5. The van der Waals surface area contributed by atoms with Gasteiger partial charge in [0.15, 0.2) is 5.96 Å². The molecule has 3 rings (SSSR count). The molecule has 0 fully saturated rings. The smallest absolute Gasteiger partial charge is 0.253 e. The lowest BCUT2D eigenvalue weighted by atomic mass is 10.1. The van der Waals surface area contributed by atoms with E-state index in [1.165, 1.54) is 0 Å². The second-order valence-electron chi connectivity index (χ2n) is 6.75. The molecule has 0 unspecified atom stereocenters. The average Bonchev–Trinajstić information content (AvgIpc) is 3.13. The summed E-state index contributed by atoms with van der Waals surface area (Å²) >= 11 is 0. The lowest BCUT2D eigenvalue weighted by molar-refractivity contribution is 0.0827. The third kappa shape index (κ3) is 4.91. The third-order valence-corrected chi connectivity index (χ3v) is 4.43. The molecule has 0 spiro atoms. The van der Waals surface area contributed by atoms with Gasteiger partial charge in [0.25, 0.3) is 5.91 Å². The molecule has 1 amide bonds. The SMILES string of the molecule is CN=C(NCCc1cc2ccccc2o1)NCc1ccc(C(=O)N(C)C)cc1. The Morgan fingerprint density at radius 3 is 2.50 bits per heavy atom. The number of para-hydroxylation sites is 1. The number of nitrogens with zero attached hydrogens (tertiary/aromatic N) is 2. The van der Waals surface area contributed by atoms with Gasteiger partial charge in [0.2, 0.25) is 0 Å². The number of carbonyl (C=O) groups excluding carboxylic acids is 1. The number of hydrogen-bond donors (Lipinski definition) is 2. The number of fused-ring (bicyclic) bond motifs is 1. The molecule has 28 heavy (non-hydrogen) atoms. The molecule has 0 saturated heterocycles. The highest BCUT2D eigenvalue weighted by atomic mass is 16.3. The Kier molecular flexibility index (Phi) is 6.32. The van der Waals surface area contributed by atoms with Crippen LogP contribution in [0.15, 0.2) is 64.0 Å². The largest absolute Gasteiger partial charge is 0.461 e. The van der Waals surface area contributed by atoms with E-state index in [-0.39, 0.29) is 5.91 Å². The predicted octanol–water partition coefficient (Wildman–Crippen LogP) is 3.04. The van der Waals surface area contributed by atoms with Crippen LogP contribution in [-0.4, -0.2) is 44.5 Å². The molecule has 3 aromatic rings. The molecule has 1 aromatic heterocycles. The predicted molar refractivity (Wildman–Crippen MR) is 113 cm³/mol. The summed E-state index contributed by atoms with van der Waals surface area (Å²) in [5, 5.41) is 7.70. The molecule has 0 radical (unpaired) electrons. The molecule has 0 aliphatic rings. The Labute approximate surface area is 165 Å². The zero-order chi connectivity index (χ0) is 19.9. The molecule has 0 bridgehead atoms. The summed E-state index contributed by atoms with van der Waals surface area (Å²) in [6, 6.07) is 17.7. The van der Waals surface area contributed by atoms with Crippen molar-refractivity contribution in [1.29, 1.82) is 0 Å². The first-order chi connectivity index (χ1) is 13.6. The van der Waals surface area contributed by atoms with E-state index in [1.54, 1.807) is 26.0 Å². The topological polar surface area (TPSA) is 69.9 Å². The minimum atomic E-state index is 0.00238. The highest BCUT2D eigenvalue weighted by Crippen LogP contribution is 2.18. The standard InChI is InChI=1S/C22H26N4O2/c1-23-22(24-13-12-19-14-18-6-4-5-7-20(18)28-19)25-15-16-8-10-17(11-9-16)21(27)26(2)3/h4-11,14H,12-13,15H2,1-3H3,(H2,23,24,25). The fourth-order valence-corrected chi connectivity index (χ4v) is 2.89. The minimum absolute atomic E-state index is 0.00238. The summed E-state index contributed by atoms with van der Waals surface area (Å²) in [6.45, 7) is 1.34. The zero-order valence-corrected chi connectivity index (χ0v) is 16.5. The van der Waals surface area contributed by atoms with Crippen LogP contribution in [0.4, 0.5) is 0 Å². The lowest BCUT2D eigenvalue weighted by Gasteiger charge is -2.13. The van der Waals surface area contributed by atoms with Gasteiger partial charge in [0.1, 0.15) is 11.3 Å². The number of nitrogens with one attached hydrogen (secondary N) is 2. The van der Waals surface area contributed by atoms with Crippen LogP contribution in [0.3, 0.4) is 0 Å². The van der Waals surface area contributed by atoms with E-state index in [2.05, 4.69) is 21.7 Å².